The first-order valence-electron chi connectivity index (χ1n) is 4.31. The molecular weight excluding hydrogens is 239 g/mol. The van der Waals surface area contributed by atoms with Crippen LogP contribution in [0, 0.1) is 0 Å². The highest BCUT2D eigenvalue weighted by Gasteiger charge is 2.17. The smallest absolute Gasteiger partial charge is 0.339 e. The fraction of sp³-hybridized carbons (Fsp3) is 0.300. The molecule has 0 spiro atoms. The van der Waals surface area contributed by atoms with Gasteiger partial charge in [0.2, 0.25) is 0 Å². The Morgan fingerprint density at radius 2 is 2.07 bits per heavy atom. The molecule has 0 unspecified atom stereocenters. The van der Waals surface area contributed by atoms with Gasteiger partial charge in [-0.3, -0.25) is 0 Å². The maximum absolute atomic E-state index is 11.4. The van der Waals surface area contributed by atoms with Crippen LogP contribution in [0.1, 0.15) is 17.3 Å². The zero-order valence-corrected chi connectivity index (χ0v) is 9.85. The highest BCUT2D eigenvalue weighted by Crippen LogP contribution is 2.35. The summed E-state index contributed by atoms with van der Waals surface area (Å²) in [4.78, 5) is 11.4. The van der Waals surface area contributed by atoms with Crippen LogP contribution in [-0.2, 0) is 4.74 Å². The van der Waals surface area contributed by atoms with Crippen molar-refractivity contribution < 1.29 is 14.3 Å². The highest BCUT2D eigenvalue weighted by atomic mass is 35.5. The lowest BCUT2D eigenvalue weighted by atomic mass is 10.2. The average molecular weight is 249 g/mol. The molecular formula is C10H10Cl2O3. The van der Waals surface area contributed by atoms with E-state index in [-0.39, 0.29) is 16.3 Å². The molecule has 15 heavy (non-hydrogen) atoms. The summed E-state index contributed by atoms with van der Waals surface area (Å²) in [6, 6.07) is 3.05. The minimum absolute atomic E-state index is 0.170. The number of halogens is 2. The van der Waals surface area contributed by atoms with E-state index >= 15 is 0 Å². The topological polar surface area (TPSA) is 35.5 Å². The Bertz CT molecular complexity index is 377. The van der Waals surface area contributed by atoms with Gasteiger partial charge in [0, 0.05) is 0 Å². The monoisotopic (exact) mass is 248 g/mol. The molecule has 0 heterocycles. The SMILES string of the molecule is CCOC(=O)c1ccc(Cl)c(OC)c1Cl. The molecule has 0 aliphatic carbocycles. The number of methoxy groups -OCH3 is 1. The summed E-state index contributed by atoms with van der Waals surface area (Å²) in [7, 11) is 1.43. The van der Waals surface area contributed by atoms with Crippen LogP contribution in [0.4, 0.5) is 0 Å². The van der Waals surface area contributed by atoms with Crippen LogP contribution in [0.25, 0.3) is 0 Å². The van der Waals surface area contributed by atoms with Crippen LogP contribution < -0.4 is 4.74 Å². The Morgan fingerprint density at radius 1 is 1.40 bits per heavy atom. The van der Waals surface area contributed by atoms with Crippen molar-refractivity contribution in [2.24, 2.45) is 0 Å². The maximum atomic E-state index is 11.4. The molecule has 0 atom stereocenters. The quantitative estimate of drug-likeness (QED) is 0.771. The van der Waals surface area contributed by atoms with Crippen molar-refractivity contribution in [3.05, 3.63) is 27.7 Å². The predicted molar refractivity (Wildman–Crippen MR) is 59.0 cm³/mol. The normalized spacial score (nSPS) is 9.87. The van der Waals surface area contributed by atoms with E-state index < -0.39 is 5.97 Å². The zero-order valence-electron chi connectivity index (χ0n) is 8.34. The van der Waals surface area contributed by atoms with Gasteiger partial charge in [-0.15, -0.1) is 0 Å². The molecule has 0 saturated carbocycles. The van der Waals surface area contributed by atoms with E-state index in [1.165, 1.54) is 13.2 Å². The van der Waals surface area contributed by atoms with Crippen molar-refractivity contribution in [2.45, 2.75) is 6.92 Å². The number of rotatable bonds is 3. The molecule has 1 aromatic rings. The van der Waals surface area contributed by atoms with Gasteiger partial charge in [0.1, 0.15) is 0 Å². The molecule has 1 rings (SSSR count). The van der Waals surface area contributed by atoms with Gasteiger partial charge in [-0.05, 0) is 19.1 Å². The second kappa shape index (κ2) is 5.24. The van der Waals surface area contributed by atoms with Gasteiger partial charge in [-0.1, -0.05) is 23.2 Å². The van der Waals surface area contributed by atoms with Gasteiger partial charge < -0.3 is 9.47 Å². The zero-order chi connectivity index (χ0) is 11.4. The first kappa shape index (κ1) is 12.1. The van der Waals surface area contributed by atoms with E-state index in [2.05, 4.69) is 0 Å². The Balaban J connectivity index is 3.15. The van der Waals surface area contributed by atoms with Gasteiger partial charge in [0.25, 0.3) is 0 Å². The van der Waals surface area contributed by atoms with Gasteiger partial charge in [-0.25, -0.2) is 4.79 Å². The minimum atomic E-state index is -0.488. The lowest BCUT2D eigenvalue weighted by molar-refractivity contribution is 0.0526. The molecule has 0 aliphatic heterocycles. The first-order chi connectivity index (χ1) is 7.11. The molecule has 82 valence electrons. The fourth-order valence-corrected chi connectivity index (χ4v) is 1.69. The summed E-state index contributed by atoms with van der Waals surface area (Å²) >= 11 is 11.8. The second-order valence-electron chi connectivity index (χ2n) is 2.66. The van der Waals surface area contributed by atoms with E-state index in [0.717, 1.165) is 0 Å². The van der Waals surface area contributed by atoms with Gasteiger partial charge >= 0.3 is 5.97 Å². The Morgan fingerprint density at radius 3 is 2.60 bits per heavy atom. The Hall–Kier alpha value is -0.930. The number of hydrogen-bond acceptors (Lipinski definition) is 3. The summed E-state index contributed by atoms with van der Waals surface area (Å²) in [5.74, 6) is -0.207. The summed E-state index contributed by atoms with van der Waals surface area (Å²) in [6.45, 7) is 2.01. The average Bonchev–Trinajstić information content (AvgIpc) is 2.18. The van der Waals surface area contributed by atoms with Crippen molar-refractivity contribution >= 4 is 29.2 Å². The molecule has 3 nitrogen and oxygen atoms in total. The largest absolute Gasteiger partial charge is 0.494 e. The first-order valence-corrected chi connectivity index (χ1v) is 5.06. The molecule has 0 N–H and O–H groups in total. The molecule has 0 aliphatic rings. The van der Waals surface area contributed by atoms with E-state index in [1.807, 2.05) is 0 Å². The third-order valence-electron chi connectivity index (χ3n) is 1.75. The number of ether oxygens (including phenoxy) is 2. The highest BCUT2D eigenvalue weighted by molar-refractivity contribution is 6.39. The van der Waals surface area contributed by atoms with Crippen molar-refractivity contribution in [3.8, 4) is 5.75 Å². The third-order valence-corrected chi connectivity index (χ3v) is 2.42. The lowest BCUT2D eigenvalue weighted by Crippen LogP contribution is -2.06. The predicted octanol–water partition coefficient (Wildman–Crippen LogP) is 3.18. The molecule has 5 heteroatoms. The molecule has 0 bridgehead atoms. The molecule has 0 amide bonds. The maximum Gasteiger partial charge on any atom is 0.339 e. The number of carbonyl (C=O) groups is 1. The Labute approximate surface area is 97.9 Å². The van der Waals surface area contributed by atoms with E-state index in [1.54, 1.807) is 13.0 Å². The number of hydrogen-bond donors (Lipinski definition) is 0. The number of benzene rings is 1. The van der Waals surface area contributed by atoms with E-state index in [4.69, 9.17) is 32.7 Å². The van der Waals surface area contributed by atoms with Crippen molar-refractivity contribution in [3.63, 3.8) is 0 Å². The summed E-state index contributed by atoms with van der Waals surface area (Å²) in [5, 5.41) is 0.527. The summed E-state index contributed by atoms with van der Waals surface area (Å²) in [6.07, 6.45) is 0. The lowest BCUT2D eigenvalue weighted by Gasteiger charge is -2.09. The Kier molecular flexibility index (Phi) is 4.24. The number of esters is 1. The molecule has 1 aromatic carbocycles. The molecule has 0 fully saturated rings. The molecule has 0 radical (unpaired) electrons. The standard InChI is InChI=1S/C10H10Cl2O3/c1-3-15-10(13)6-4-5-7(11)9(14-2)8(6)12/h4-5H,3H2,1-2H3. The summed E-state index contributed by atoms with van der Waals surface area (Å²) in [5.41, 5.74) is 0.250. The second-order valence-corrected chi connectivity index (χ2v) is 3.45. The van der Waals surface area contributed by atoms with Crippen LogP contribution in [0.3, 0.4) is 0 Å². The molecule has 0 aromatic heterocycles. The van der Waals surface area contributed by atoms with Crippen LogP contribution in [-0.4, -0.2) is 19.7 Å². The van der Waals surface area contributed by atoms with Crippen molar-refractivity contribution in [1.29, 1.82) is 0 Å². The van der Waals surface area contributed by atoms with E-state index in [0.29, 0.717) is 11.6 Å². The molecule has 0 saturated heterocycles. The van der Waals surface area contributed by atoms with Crippen LogP contribution >= 0.6 is 23.2 Å². The minimum Gasteiger partial charge on any atom is -0.494 e. The summed E-state index contributed by atoms with van der Waals surface area (Å²) < 4.78 is 9.80. The van der Waals surface area contributed by atoms with Crippen LogP contribution in [0.2, 0.25) is 10.0 Å². The fourth-order valence-electron chi connectivity index (χ4n) is 1.09. The van der Waals surface area contributed by atoms with Gasteiger partial charge in [-0.2, -0.15) is 0 Å². The number of carbonyl (C=O) groups excluding carboxylic acids is 1. The van der Waals surface area contributed by atoms with Gasteiger partial charge in [0.15, 0.2) is 5.75 Å². The van der Waals surface area contributed by atoms with Gasteiger partial charge in [0.05, 0.1) is 29.3 Å². The van der Waals surface area contributed by atoms with Crippen LogP contribution in [0.15, 0.2) is 12.1 Å². The van der Waals surface area contributed by atoms with Crippen molar-refractivity contribution in [1.82, 2.24) is 0 Å². The third kappa shape index (κ3) is 2.55. The van der Waals surface area contributed by atoms with Crippen LogP contribution in [0.5, 0.6) is 5.75 Å². The van der Waals surface area contributed by atoms with E-state index in [9.17, 15) is 4.79 Å². The van der Waals surface area contributed by atoms with Crippen molar-refractivity contribution in [2.75, 3.05) is 13.7 Å².